The lowest BCUT2D eigenvalue weighted by Gasteiger charge is -2.07. The molecule has 0 fully saturated rings. The molecule has 2 rings (SSSR count). The molecular formula is C16H21N3O2. The van der Waals surface area contributed by atoms with Crippen molar-refractivity contribution in [3.8, 4) is 5.69 Å². The van der Waals surface area contributed by atoms with Crippen LogP contribution in [0.4, 0.5) is 0 Å². The molecule has 0 spiro atoms. The number of hydrogen-bond donors (Lipinski definition) is 1. The van der Waals surface area contributed by atoms with E-state index in [1.165, 1.54) is 12.7 Å². The number of nitrogens with zero attached hydrogens (tertiary/aromatic N) is 2. The van der Waals surface area contributed by atoms with Crippen molar-refractivity contribution in [3.05, 3.63) is 46.8 Å². The van der Waals surface area contributed by atoms with E-state index in [9.17, 15) is 4.79 Å². The zero-order valence-electron chi connectivity index (χ0n) is 12.9. The molecule has 1 aromatic heterocycles. The van der Waals surface area contributed by atoms with Crippen LogP contribution < -0.4 is 5.32 Å². The van der Waals surface area contributed by atoms with Crippen molar-refractivity contribution in [2.24, 2.45) is 0 Å². The van der Waals surface area contributed by atoms with E-state index >= 15 is 0 Å². The third kappa shape index (κ3) is 3.13. The molecule has 1 N–H and O–H groups in total. The van der Waals surface area contributed by atoms with E-state index in [-0.39, 0.29) is 5.97 Å². The number of benzene rings is 1. The molecule has 112 valence electrons. The molecule has 2 aromatic rings. The molecule has 0 unspecified atom stereocenters. The first-order valence-corrected chi connectivity index (χ1v) is 7.03. The van der Waals surface area contributed by atoms with Crippen LogP contribution in [0.3, 0.4) is 0 Å². The minimum Gasteiger partial charge on any atom is -0.465 e. The Morgan fingerprint density at radius 3 is 2.52 bits per heavy atom. The summed E-state index contributed by atoms with van der Waals surface area (Å²) in [5, 5.41) is 7.92. The lowest BCUT2D eigenvalue weighted by Crippen LogP contribution is -2.13. The Labute approximate surface area is 124 Å². The minimum absolute atomic E-state index is 0.331. The summed E-state index contributed by atoms with van der Waals surface area (Å²) in [4.78, 5) is 11.5. The molecule has 0 atom stereocenters. The zero-order chi connectivity index (χ0) is 15.4. The number of hydrogen-bond acceptors (Lipinski definition) is 4. The van der Waals surface area contributed by atoms with Crippen molar-refractivity contribution in [3.63, 3.8) is 0 Å². The summed E-state index contributed by atoms with van der Waals surface area (Å²) in [5.41, 5.74) is 4.82. The predicted octanol–water partition coefficient (Wildman–Crippen LogP) is 2.39. The van der Waals surface area contributed by atoms with Gasteiger partial charge in [0.1, 0.15) is 0 Å². The van der Waals surface area contributed by atoms with E-state index in [1.807, 2.05) is 23.7 Å². The summed E-state index contributed by atoms with van der Waals surface area (Å²) in [6.07, 6.45) is 0. The second kappa shape index (κ2) is 6.54. The Morgan fingerprint density at radius 2 is 1.95 bits per heavy atom. The van der Waals surface area contributed by atoms with Gasteiger partial charge >= 0.3 is 5.97 Å². The SMILES string of the molecule is CCNCc1c(C)nn(-c2ccc(C(=O)OC)cc2)c1C. The molecule has 0 bridgehead atoms. The topological polar surface area (TPSA) is 56.2 Å². The van der Waals surface area contributed by atoms with Gasteiger partial charge in [-0.2, -0.15) is 5.10 Å². The van der Waals surface area contributed by atoms with Gasteiger partial charge in [0, 0.05) is 17.8 Å². The van der Waals surface area contributed by atoms with Crippen LogP contribution in [0.1, 0.15) is 34.2 Å². The quantitative estimate of drug-likeness (QED) is 0.858. The molecule has 0 aliphatic rings. The van der Waals surface area contributed by atoms with Gasteiger partial charge in [-0.1, -0.05) is 6.92 Å². The lowest BCUT2D eigenvalue weighted by molar-refractivity contribution is 0.0601. The molecule has 0 saturated heterocycles. The second-order valence-electron chi connectivity index (χ2n) is 4.88. The lowest BCUT2D eigenvalue weighted by atomic mass is 10.2. The highest BCUT2D eigenvalue weighted by atomic mass is 16.5. The maximum absolute atomic E-state index is 11.5. The maximum Gasteiger partial charge on any atom is 0.337 e. The smallest absolute Gasteiger partial charge is 0.337 e. The molecular weight excluding hydrogens is 266 g/mol. The van der Waals surface area contributed by atoms with Crippen LogP contribution in [0.15, 0.2) is 24.3 Å². The summed E-state index contributed by atoms with van der Waals surface area (Å²) in [7, 11) is 1.38. The fourth-order valence-corrected chi connectivity index (χ4v) is 2.29. The Balaban J connectivity index is 2.32. The molecule has 21 heavy (non-hydrogen) atoms. The average Bonchev–Trinajstić information content (AvgIpc) is 2.79. The highest BCUT2D eigenvalue weighted by Gasteiger charge is 2.13. The number of ether oxygens (including phenoxy) is 1. The molecule has 1 heterocycles. The van der Waals surface area contributed by atoms with E-state index in [4.69, 9.17) is 4.74 Å². The Morgan fingerprint density at radius 1 is 1.29 bits per heavy atom. The number of aryl methyl sites for hydroxylation is 1. The van der Waals surface area contributed by atoms with Gasteiger partial charge in [0.2, 0.25) is 0 Å². The number of rotatable bonds is 5. The number of carbonyl (C=O) groups is 1. The zero-order valence-corrected chi connectivity index (χ0v) is 12.9. The highest BCUT2D eigenvalue weighted by Crippen LogP contribution is 2.18. The van der Waals surface area contributed by atoms with E-state index in [0.29, 0.717) is 5.56 Å². The van der Waals surface area contributed by atoms with Gasteiger partial charge in [0.15, 0.2) is 0 Å². The summed E-state index contributed by atoms with van der Waals surface area (Å²) in [6.45, 7) is 7.90. The van der Waals surface area contributed by atoms with Gasteiger partial charge < -0.3 is 10.1 Å². The standard InChI is InChI=1S/C16H21N3O2/c1-5-17-10-15-11(2)18-19(12(15)3)14-8-6-13(7-9-14)16(20)21-4/h6-9,17H,5,10H2,1-4H3. The Bertz CT molecular complexity index is 630. The Hall–Kier alpha value is -2.14. The first-order valence-electron chi connectivity index (χ1n) is 7.03. The van der Waals surface area contributed by atoms with Gasteiger partial charge in [0.05, 0.1) is 24.1 Å². The van der Waals surface area contributed by atoms with Crippen LogP contribution in [-0.4, -0.2) is 29.4 Å². The number of esters is 1. The van der Waals surface area contributed by atoms with Gasteiger partial charge in [-0.25, -0.2) is 9.48 Å². The van der Waals surface area contributed by atoms with Gasteiger partial charge in [-0.3, -0.25) is 0 Å². The van der Waals surface area contributed by atoms with Crippen molar-refractivity contribution in [2.45, 2.75) is 27.3 Å². The van der Waals surface area contributed by atoms with Crippen molar-refractivity contribution < 1.29 is 9.53 Å². The molecule has 0 amide bonds. The van der Waals surface area contributed by atoms with Crippen LogP contribution in [0, 0.1) is 13.8 Å². The number of nitrogens with one attached hydrogen (secondary N) is 1. The molecule has 0 radical (unpaired) electrons. The first kappa shape index (κ1) is 15.3. The van der Waals surface area contributed by atoms with Crippen molar-refractivity contribution >= 4 is 5.97 Å². The average molecular weight is 287 g/mol. The minimum atomic E-state index is -0.331. The number of aromatic nitrogens is 2. The summed E-state index contributed by atoms with van der Waals surface area (Å²) in [6, 6.07) is 7.26. The molecule has 0 aliphatic carbocycles. The normalized spacial score (nSPS) is 10.7. The largest absolute Gasteiger partial charge is 0.465 e. The monoisotopic (exact) mass is 287 g/mol. The molecule has 5 nitrogen and oxygen atoms in total. The molecule has 0 aliphatic heterocycles. The van der Waals surface area contributed by atoms with Crippen LogP contribution in [-0.2, 0) is 11.3 Å². The fraction of sp³-hybridized carbons (Fsp3) is 0.375. The molecule has 1 aromatic carbocycles. The van der Waals surface area contributed by atoms with Crippen LogP contribution >= 0.6 is 0 Å². The van der Waals surface area contributed by atoms with E-state index in [1.54, 1.807) is 12.1 Å². The molecule has 5 heteroatoms. The fourth-order valence-electron chi connectivity index (χ4n) is 2.29. The molecule has 0 saturated carbocycles. The number of carbonyl (C=O) groups excluding carboxylic acids is 1. The van der Waals surface area contributed by atoms with Crippen molar-refractivity contribution in [2.75, 3.05) is 13.7 Å². The predicted molar refractivity (Wildman–Crippen MR) is 81.8 cm³/mol. The van der Waals surface area contributed by atoms with Gasteiger partial charge in [-0.15, -0.1) is 0 Å². The summed E-state index contributed by atoms with van der Waals surface area (Å²) < 4.78 is 6.61. The third-order valence-electron chi connectivity index (χ3n) is 3.53. The van der Waals surface area contributed by atoms with Crippen LogP contribution in [0.25, 0.3) is 5.69 Å². The Kier molecular flexibility index (Phi) is 4.75. The van der Waals surface area contributed by atoms with Crippen molar-refractivity contribution in [1.29, 1.82) is 0 Å². The highest BCUT2D eigenvalue weighted by molar-refractivity contribution is 5.89. The van der Waals surface area contributed by atoms with Crippen molar-refractivity contribution in [1.82, 2.24) is 15.1 Å². The van der Waals surface area contributed by atoms with Gasteiger partial charge in [-0.05, 0) is 44.7 Å². The van der Waals surface area contributed by atoms with Gasteiger partial charge in [0.25, 0.3) is 0 Å². The first-order chi connectivity index (χ1) is 10.1. The number of methoxy groups -OCH3 is 1. The third-order valence-corrected chi connectivity index (χ3v) is 3.53. The summed E-state index contributed by atoms with van der Waals surface area (Å²) in [5.74, 6) is -0.331. The second-order valence-corrected chi connectivity index (χ2v) is 4.88. The summed E-state index contributed by atoms with van der Waals surface area (Å²) >= 11 is 0. The van der Waals surface area contributed by atoms with E-state index in [2.05, 4.69) is 24.3 Å². The van der Waals surface area contributed by atoms with Crippen LogP contribution in [0.2, 0.25) is 0 Å². The van der Waals surface area contributed by atoms with E-state index < -0.39 is 0 Å². The van der Waals surface area contributed by atoms with E-state index in [0.717, 1.165) is 30.2 Å². The maximum atomic E-state index is 11.5. The van der Waals surface area contributed by atoms with Crippen LogP contribution in [0.5, 0.6) is 0 Å².